The molecule has 14 amide bonds. The lowest BCUT2D eigenvalue weighted by Crippen LogP contribution is -2.61. The molecule has 2 aliphatic heterocycles. The third kappa shape index (κ3) is 17.4. The van der Waals surface area contributed by atoms with Gasteiger partial charge in [-0.3, -0.25) is 64.0 Å². The molecular formula is C52H65N19O12S2. The second-order valence-electron chi connectivity index (χ2n) is 19.9. The molecule has 5 aromatic rings. The Morgan fingerprint density at radius 3 is 1.45 bits per heavy atom. The van der Waals surface area contributed by atoms with Crippen molar-refractivity contribution in [3.8, 4) is 0 Å². The van der Waals surface area contributed by atoms with Crippen LogP contribution >= 0.6 is 21.6 Å². The number of benzene rings is 2. The first-order chi connectivity index (χ1) is 40.5. The summed E-state index contributed by atoms with van der Waals surface area (Å²) in [6.45, 7) is 5.01. The Bertz CT molecular complexity index is 3350. The lowest BCUT2D eigenvalue weighted by Gasteiger charge is -2.28. The number of fused-ring (bicyclic) bond motifs is 5. The third-order valence-corrected chi connectivity index (χ3v) is 16.1. The van der Waals surface area contributed by atoms with Crippen LogP contribution in [0.4, 0.5) is 9.59 Å². The number of hydrogen-bond acceptors (Lipinski definition) is 16. The van der Waals surface area contributed by atoms with Crippen LogP contribution in [0, 0.1) is 5.41 Å². The molecule has 7 rings (SSSR count). The van der Waals surface area contributed by atoms with Gasteiger partial charge in [-0.15, -0.1) is 0 Å². The standard InChI is InChI=1S/C52H65N19O12S2/c1-23-38(72)60-25(3)41(75)70-51(82)63-26(4)40(74)64-35(16-27-19-57-32-12-7-5-10-30(27)32)43(77)68-49-47(81)62-24(2)39(73)65-37(18-29-21-55-22-59-29)45(79)71-52(83)67-34(14-9-15-56-50(53)54)42(76)66-36(44(78)69-48(84-85-49)46(80)61-23)17-28-20-58-33-13-8-6-11-31(28)33/h5-8,10-13,19-26,34-37,48-49,57-58H,9,14-18H2,1-4H3,(H,55,59)(H,60,72)(H,61,80)(H,62,81)(H,64,74)(H,65,73)(H,66,76)(H,68,77)(H,69,78)(H4,53,54,56)(H2,63,70,75,82)(H2,67,71,79,83)/t23-,24-,25-,26-,34-,35-,36-,37-,48?,49?/m0/s1. The molecule has 85 heavy (non-hydrogen) atoms. The Labute approximate surface area is 492 Å². The second kappa shape index (κ2) is 29.0. The number of rotatable bonds is 10. The SMILES string of the molecule is C[C@@H]1NC(=O)NC(=O)[C@H](C)NC(=O)[C@H](C)NC(=O)C2NC(=O)[C@H](Cc3c[nH]c4ccccc34)NC(=O)[C@H](CCCNC(=N)N)NC(=O)NC(=O)[C@H](Cc3c[nH]cn3)NC(=O)[C@H](C)NC(=O)C(NC(=O)[C@H](Cc3c[nH]c4ccccc34)NC1=O)SS2. The van der Waals surface area contributed by atoms with Gasteiger partial charge in [-0.1, -0.05) is 58.0 Å². The number of carbonyl (C=O) groups excluding carboxylic acids is 12. The number of nitrogens with zero attached hydrogens (tertiary/aromatic N) is 1. The molecule has 31 nitrogen and oxygen atoms in total. The Morgan fingerprint density at radius 1 is 0.494 bits per heavy atom. The highest BCUT2D eigenvalue weighted by Gasteiger charge is 2.37. The summed E-state index contributed by atoms with van der Waals surface area (Å²) in [5.41, 5.74) is 8.07. The van der Waals surface area contributed by atoms with Crippen LogP contribution in [0.1, 0.15) is 57.4 Å². The molecular weight excluding hydrogens is 1150 g/mol. The minimum atomic E-state index is -1.85. The maximum Gasteiger partial charge on any atom is 0.322 e. The van der Waals surface area contributed by atoms with Crippen molar-refractivity contribution in [2.24, 2.45) is 5.73 Å². The number of urea groups is 2. The number of H-pyrrole nitrogens is 3. The second-order valence-corrected chi connectivity index (χ2v) is 22.4. The van der Waals surface area contributed by atoms with E-state index in [9.17, 15) is 57.5 Å². The summed E-state index contributed by atoms with van der Waals surface area (Å²) < 4.78 is 0. The fourth-order valence-electron chi connectivity index (χ4n) is 8.81. The average Bonchev–Trinajstić information content (AvgIpc) is 3.23. The van der Waals surface area contributed by atoms with Gasteiger partial charge in [0.25, 0.3) is 17.7 Å². The summed E-state index contributed by atoms with van der Waals surface area (Å²) in [6.07, 6.45) is 5.00. The fraction of sp³-hybridized carbons (Fsp3) is 0.385. The van der Waals surface area contributed by atoms with Crippen molar-refractivity contribution in [1.29, 1.82) is 5.41 Å². The monoisotopic (exact) mass is 1210 g/mol. The predicted octanol–water partition coefficient (Wildman–Crippen LogP) is -2.67. The van der Waals surface area contributed by atoms with Gasteiger partial charge in [0.2, 0.25) is 41.4 Å². The molecule has 33 heteroatoms. The molecule has 0 aliphatic carbocycles. The number of para-hydroxylation sites is 2. The van der Waals surface area contributed by atoms with Gasteiger partial charge in [-0.05, 0) is 63.8 Å². The van der Waals surface area contributed by atoms with E-state index in [1.807, 2.05) is 5.32 Å². The van der Waals surface area contributed by atoms with Gasteiger partial charge < -0.3 is 79.2 Å². The maximum absolute atomic E-state index is 15.0. The largest absolute Gasteiger partial charge is 0.370 e. The Morgan fingerprint density at radius 2 is 0.929 bits per heavy atom. The lowest BCUT2D eigenvalue weighted by atomic mass is 10.0. The molecule has 10 atom stereocenters. The average molecular weight is 1210 g/mol. The van der Waals surface area contributed by atoms with Crippen LogP contribution in [-0.4, -0.2) is 163 Å². The molecule has 2 aliphatic rings. The molecule has 0 saturated carbocycles. The summed E-state index contributed by atoms with van der Waals surface area (Å²) in [7, 11) is 0.966. The zero-order valence-corrected chi connectivity index (χ0v) is 47.8. The highest BCUT2D eigenvalue weighted by Crippen LogP contribution is 2.31. The number of nitrogens with two attached hydrogens (primary N) is 1. The summed E-state index contributed by atoms with van der Waals surface area (Å²) in [6, 6.07) is -0.432. The Balaban J connectivity index is 1.32. The zero-order valence-electron chi connectivity index (χ0n) is 46.2. The van der Waals surface area contributed by atoms with Crippen molar-refractivity contribution in [3.05, 3.63) is 90.3 Å². The molecule has 0 spiro atoms. The normalized spacial score (nSPS) is 25.2. The van der Waals surface area contributed by atoms with Crippen molar-refractivity contribution < 1.29 is 57.5 Å². The van der Waals surface area contributed by atoms with Crippen molar-refractivity contribution in [2.45, 2.75) is 119 Å². The van der Waals surface area contributed by atoms with Gasteiger partial charge in [0.1, 0.15) is 48.3 Å². The van der Waals surface area contributed by atoms with E-state index in [4.69, 9.17) is 11.1 Å². The van der Waals surface area contributed by atoms with Gasteiger partial charge in [-0.2, -0.15) is 0 Å². The van der Waals surface area contributed by atoms with Crippen LogP contribution in [0.25, 0.3) is 21.8 Å². The molecule has 19 N–H and O–H groups in total. The summed E-state index contributed by atoms with van der Waals surface area (Å²) >= 11 is 0. The summed E-state index contributed by atoms with van der Waals surface area (Å²) in [4.78, 5) is 182. The quantitative estimate of drug-likeness (QED) is 0.0294. The van der Waals surface area contributed by atoms with Crippen molar-refractivity contribution in [1.82, 2.24) is 89.1 Å². The lowest BCUT2D eigenvalue weighted by molar-refractivity contribution is -0.133. The first kappa shape index (κ1) is 62.9. The molecule has 5 heterocycles. The highest BCUT2D eigenvalue weighted by atomic mass is 33.1. The number of guanidine groups is 1. The fourth-order valence-corrected chi connectivity index (χ4v) is 11.1. The van der Waals surface area contributed by atoms with Gasteiger partial charge in [-0.25, -0.2) is 14.6 Å². The van der Waals surface area contributed by atoms with E-state index < -0.39 is 130 Å². The first-order valence-electron chi connectivity index (χ1n) is 26.7. The summed E-state index contributed by atoms with van der Waals surface area (Å²) in [5, 5.41) is 37.0. The number of aromatic nitrogens is 4. The maximum atomic E-state index is 15.0. The molecule has 0 radical (unpaired) electrons. The number of amides is 14. The molecule has 3 aromatic heterocycles. The van der Waals surface area contributed by atoms with Gasteiger partial charge >= 0.3 is 12.1 Å². The van der Waals surface area contributed by atoms with E-state index in [1.54, 1.807) is 60.9 Å². The van der Waals surface area contributed by atoms with Crippen LogP contribution in [0.5, 0.6) is 0 Å². The van der Waals surface area contributed by atoms with Gasteiger partial charge in [0.15, 0.2) is 16.7 Å². The van der Waals surface area contributed by atoms with Crippen molar-refractivity contribution in [2.75, 3.05) is 6.54 Å². The number of carbonyl (C=O) groups is 12. The zero-order chi connectivity index (χ0) is 61.5. The van der Waals surface area contributed by atoms with Crippen LogP contribution in [-0.2, 0) is 67.2 Å². The third-order valence-electron chi connectivity index (χ3n) is 13.4. The van der Waals surface area contributed by atoms with Crippen LogP contribution in [0.2, 0.25) is 0 Å². The predicted molar refractivity (Wildman–Crippen MR) is 310 cm³/mol. The van der Waals surface area contributed by atoms with E-state index in [1.165, 1.54) is 40.2 Å². The van der Waals surface area contributed by atoms with E-state index in [0.717, 1.165) is 0 Å². The highest BCUT2D eigenvalue weighted by molar-refractivity contribution is 8.77. The van der Waals surface area contributed by atoms with E-state index in [0.29, 0.717) is 54.5 Å². The van der Waals surface area contributed by atoms with E-state index >= 15 is 0 Å². The van der Waals surface area contributed by atoms with Gasteiger partial charge in [0, 0.05) is 66.2 Å². The van der Waals surface area contributed by atoms with Crippen molar-refractivity contribution >= 4 is 120 Å². The molecule has 452 valence electrons. The van der Waals surface area contributed by atoms with Crippen LogP contribution < -0.4 is 74.9 Å². The van der Waals surface area contributed by atoms with Crippen molar-refractivity contribution in [3.63, 3.8) is 0 Å². The number of nitrogens with one attached hydrogen (secondary N) is 17. The molecule has 2 fully saturated rings. The summed E-state index contributed by atoms with van der Waals surface area (Å²) in [5.74, 6) is -10.6. The van der Waals surface area contributed by atoms with E-state index in [-0.39, 0.29) is 50.3 Å². The molecule has 2 saturated heterocycles. The van der Waals surface area contributed by atoms with Gasteiger partial charge in [0.05, 0.1) is 12.0 Å². The Kier molecular flexibility index (Phi) is 21.5. The molecule has 2 bridgehead atoms. The number of imidazole rings is 1. The number of imide groups is 2. The molecule has 2 aromatic carbocycles. The molecule has 2 unspecified atom stereocenters. The minimum absolute atomic E-state index is 0.0402. The number of hydrogen-bond donors (Lipinski definition) is 18. The minimum Gasteiger partial charge on any atom is -0.370 e. The topological polar surface area (TPSA) is 471 Å². The smallest absolute Gasteiger partial charge is 0.322 e. The Hall–Kier alpha value is -9.66. The number of aromatic amines is 3. The van der Waals surface area contributed by atoms with Crippen LogP contribution in [0.3, 0.4) is 0 Å². The van der Waals surface area contributed by atoms with Crippen LogP contribution in [0.15, 0.2) is 73.4 Å². The first-order valence-corrected chi connectivity index (χ1v) is 28.9. The van der Waals surface area contributed by atoms with E-state index in [2.05, 4.69) is 83.7 Å².